The quantitative estimate of drug-likeness (QED) is 0.781. The highest BCUT2D eigenvalue weighted by atomic mass is 32.1. The number of hydrogen-bond donors (Lipinski definition) is 0. The monoisotopic (exact) mass is 268 g/mol. The number of rotatable bonds is 1. The van der Waals surface area contributed by atoms with Crippen LogP contribution in [0.2, 0.25) is 0 Å². The van der Waals surface area contributed by atoms with Crippen molar-refractivity contribution in [3.63, 3.8) is 0 Å². The zero-order chi connectivity index (χ0) is 13.2. The van der Waals surface area contributed by atoms with E-state index in [1.165, 1.54) is 0 Å². The second-order valence-electron chi connectivity index (χ2n) is 5.56. The molecule has 1 aliphatic rings. The molecule has 1 aromatic heterocycles. The van der Waals surface area contributed by atoms with Gasteiger partial charge in [-0.3, -0.25) is 4.90 Å². The lowest BCUT2D eigenvalue weighted by Gasteiger charge is -2.35. The van der Waals surface area contributed by atoms with Gasteiger partial charge in [0.2, 0.25) is 0 Å². The Bertz CT molecular complexity index is 398. The van der Waals surface area contributed by atoms with E-state index in [0.717, 1.165) is 30.8 Å². The highest BCUT2D eigenvalue weighted by Crippen LogP contribution is 2.32. The summed E-state index contributed by atoms with van der Waals surface area (Å²) in [6.07, 6.45) is 4.74. The lowest BCUT2D eigenvalue weighted by Crippen LogP contribution is -2.41. The van der Waals surface area contributed by atoms with Gasteiger partial charge in [0.15, 0.2) is 0 Å². The van der Waals surface area contributed by atoms with E-state index in [9.17, 15) is 4.79 Å². The van der Waals surface area contributed by atoms with Gasteiger partial charge in [-0.2, -0.15) is 0 Å². The number of piperidine rings is 1. The van der Waals surface area contributed by atoms with E-state index in [4.69, 9.17) is 4.74 Å². The Labute approximate surface area is 112 Å². The van der Waals surface area contributed by atoms with Gasteiger partial charge in [-0.25, -0.2) is 9.78 Å². The first-order valence-corrected chi connectivity index (χ1v) is 7.24. The minimum atomic E-state index is -0.443. The van der Waals surface area contributed by atoms with Crippen LogP contribution < -0.4 is 0 Å². The Hall–Kier alpha value is -1.10. The van der Waals surface area contributed by atoms with Crippen molar-refractivity contribution in [3.8, 4) is 0 Å². The van der Waals surface area contributed by atoms with Crippen LogP contribution in [0.3, 0.4) is 0 Å². The van der Waals surface area contributed by atoms with Gasteiger partial charge in [0.05, 0.1) is 6.04 Å². The van der Waals surface area contributed by atoms with E-state index >= 15 is 0 Å². The van der Waals surface area contributed by atoms with Crippen LogP contribution >= 0.6 is 11.3 Å². The first-order valence-electron chi connectivity index (χ1n) is 6.36. The molecule has 0 radical (unpaired) electrons. The molecule has 5 heteroatoms. The molecule has 0 aliphatic carbocycles. The predicted octanol–water partition coefficient (Wildman–Crippen LogP) is 3.61. The van der Waals surface area contributed by atoms with Gasteiger partial charge in [0.1, 0.15) is 10.6 Å². The molecule has 0 spiro atoms. The summed E-state index contributed by atoms with van der Waals surface area (Å²) in [7, 11) is 0. The van der Waals surface area contributed by atoms with Gasteiger partial charge < -0.3 is 4.74 Å². The minimum absolute atomic E-state index is 0.0913. The number of aromatic nitrogens is 1. The summed E-state index contributed by atoms with van der Waals surface area (Å²) >= 11 is 1.61. The maximum atomic E-state index is 12.2. The number of nitrogens with zero attached hydrogens (tertiary/aromatic N) is 2. The second-order valence-corrected chi connectivity index (χ2v) is 6.48. The van der Waals surface area contributed by atoms with Crippen molar-refractivity contribution in [1.29, 1.82) is 0 Å². The molecule has 100 valence electrons. The average molecular weight is 268 g/mol. The second kappa shape index (κ2) is 5.26. The number of likely N-dealkylation sites (tertiary alicyclic amines) is 1. The molecule has 1 aromatic rings. The highest BCUT2D eigenvalue weighted by molar-refractivity contribution is 7.09. The third kappa shape index (κ3) is 3.22. The summed E-state index contributed by atoms with van der Waals surface area (Å²) in [4.78, 5) is 18.4. The van der Waals surface area contributed by atoms with Gasteiger partial charge >= 0.3 is 6.09 Å². The Morgan fingerprint density at radius 1 is 1.50 bits per heavy atom. The zero-order valence-corrected chi connectivity index (χ0v) is 12.0. The molecular formula is C13H20N2O2S. The van der Waals surface area contributed by atoms with Crippen LogP contribution in [0.15, 0.2) is 11.6 Å². The molecule has 1 unspecified atom stereocenters. The van der Waals surface area contributed by atoms with E-state index in [0.29, 0.717) is 0 Å². The fraction of sp³-hybridized carbons (Fsp3) is 0.692. The molecule has 2 heterocycles. The summed E-state index contributed by atoms with van der Waals surface area (Å²) in [6.45, 7) is 6.45. The number of amides is 1. The lowest BCUT2D eigenvalue weighted by atomic mass is 10.0. The predicted molar refractivity (Wildman–Crippen MR) is 71.6 cm³/mol. The summed E-state index contributed by atoms with van der Waals surface area (Å²) in [6, 6.07) is 0.0913. The SMILES string of the molecule is CC(C)(C)OC(=O)N1CCCCC1c1nccs1. The molecule has 4 nitrogen and oxygen atoms in total. The Morgan fingerprint density at radius 2 is 2.28 bits per heavy atom. The Balaban J connectivity index is 2.11. The first kappa shape index (κ1) is 13.3. The van der Waals surface area contributed by atoms with Gasteiger partial charge in [-0.15, -0.1) is 11.3 Å². The van der Waals surface area contributed by atoms with E-state index in [-0.39, 0.29) is 12.1 Å². The molecule has 1 saturated heterocycles. The highest BCUT2D eigenvalue weighted by Gasteiger charge is 2.32. The van der Waals surface area contributed by atoms with Crippen molar-refractivity contribution in [2.75, 3.05) is 6.54 Å². The summed E-state index contributed by atoms with van der Waals surface area (Å²) in [5.41, 5.74) is -0.443. The third-order valence-electron chi connectivity index (χ3n) is 2.87. The molecule has 1 amide bonds. The maximum absolute atomic E-state index is 12.2. The van der Waals surface area contributed by atoms with E-state index in [1.54, 1.807) is 17.5 Å². The molecule has 18 heavy (non-hydrogen) atoms. The smallest absolute Gasteiger partial charge is 0.410 e. The largest absolute Gasteiger partial charge is 0.444 e. The lowest BCUT2D eigenvalue weighted by molar-refractivity contribution is 0.00949. The van der Waals surface area contributed by atoms with Crippen LogP contribution in [0, 0.1) is 0 Å². The van der Waals surface area contributed by atoms with Crippen LogP contribution in [-0.2, 0) is 4.74 Å². The van der Waals surface area contributed by atoms with Crippen LogP contribution in [0.4, 0.5) is 4.79 Å². The summed E-state index contributed by atoms with van der Waals surface area (Å²) in [5, 5.41) is 2.97. The van der Waals surface area contributed by atoms with Crippen molar-refractivity contribution in [2.45, 2.75) is 51.7 Å². The number of carbonyl (C=O) groups excluding carboxylic acids is 1. The Morgan fingerprint density at radius 3 is 2.89 bits per heavy atom. The van der Waals surface area contributed by atoms with E-state index in [1.807, 2.05) is 31.1 Å². The maximum Gasteiger partial charge on any atom is 0.410 e. The fourth-order valence-electron chi connectivity index (χ4n) is 2.13. The summed E-state index contributed by atoms with van der Waals surface area (Å²) < 4.78 is 5.47. The number of hydrogen-bond acceptors (Lipinski definition) is 4. The van der Waals surface area contributed by atoms with Crippen molar-refractivity contribution >= 4 is 17.4 Å². The fourth-order valence-corrected chi connectivity index (χ4v) is 2.91. The molecule has 0 aromatic carbocycles. The van der Waals surface area contributed by atoms with E-state index < -0.39 is 5.60 Å². The van der Waals surface area contributed by atoms with Crippen molar-refractivity contribution in [3.05, 3.63) is 16.6 Å². The van der Waals surface area contributed by atoms with Gasteiger partial charge in [-0.05, 0) is 40.0 Å². The topological polar surface area (TPSA) is 42.4 Å². The van der Waals surface area contributed by atoms with Gasteiger partial charge in [0, 0.05) is 18.1 Å². The number of thiazole rings is 1. The number of carbonyl (C=O) groups is 1. The molecule has 0 bridgehead atoms. The molecular weight excluding hydrogens is 248 g/mol. The van der Waals surface area contributed by atoms with Crippen molar-refractivity contribution in [2.24, 2.45) is 0 Å². The normalized spacial score (nSPS) is 20.8. The summed E-state index contributed by atoms with van der Waals surface area (Å²) in [5.74, 6) is 0. The number of ether oxygens (including phenoxy) is 1. The molecule has 1 aliphatic heterocycles. The molecule has 1 atom stereocenters. The van der Waals surface area contributed by atoms with Crippen LogP contribution in [-0.4, -0.2) is 28.1 Å². The molecule has 0 saturated carbocycles. The molecule has 2 rings (SSSR count). The standard InChI is InChI=1S/C13H20N2O2S/c1-13(2,3)17-12(16)15-8-5-4-6-10(15)11-14-7-9-18-11/h7,9-10H,4-6,8H2,1-3H3. The van der Waals surface area contributed by atoms with E-state index in [2.05, 4.69) is 4.98 Å². The average Bonchev–Trinajstić information content (AvgIpc) is 2.80. The van der Waals surface area contributed by atoms with Crippen LogP contribution in [0.1, 0.15) is 51.1 Å². The van der Waals surface area contributed by atoms with Crippen LogP contribution in [0.25, 0.3) is 0 Å². The third-order valence-corrected chi connectivity index (χ3v) is 3.74. The van der Waals surface area contributed by atoms with Gasteiger partial charge in [-0.1, -0.05) is 0 Å². The minimum Gasteiger partial charge on any atom is -0.444 e. The van der Waals surface area contributed by atoms with Gasteiger partial charge in [0.25, 0.3) is 0 Å². The Kier molecular flexibility index (Phi) is 3.90. The van der Waals surface area contributed by atoms with Crippen molar-refractivity contribution in [1.82, 2.24) is 9.88 Å². The van der Waals surface area contributed by atoms with Crippen LogP contribution in [0.5, 0.6) is 0 Å². The zero-order valence-electron chi connectivity index (χ0n) is 11.2. The first-order chi connectivity index (χ1) is 8.47. The molecule has 1 fully saturated rings. The molecule has 0 N–H and O–H groups in total. The van der Waals surface area contributed by atoms with Crippen molar-refractivity contribution < 1.29 is 9.53 Å².